The first-order valence-electron chi connectivity index (χ1n) is 8.79. The molecule has 0 saturated carbocycles. The van der Waals surface area contributed by atoms with E-state index in [1.54, 1.807) is 18.4 Å². The van der Waals surface area contributed by atoms with Gasteiger partial charge in [-0.05, 0) is 56.1 Å². The first kappa shape index (κ1) is 22.9. The third-order valence-electron chi connectivity index (χ3n) is 3.47. The molecule has 1 aromatic rings. The highest BCUT2D eigenvalue weighted by Gasteiger charge is 2.11. The van der Waals surface area contributed by atoms with Gasteiger partial charge in [-0.15, -0.1) is 0 Å². The average Bonchev–Trinajstić information content (AvgIpc) is 2.69. The van der Waals surface area contributed by atoms with E-state index in [1.165, 1.54) is 30.3 Å². The van der Waals surface area contributed by atoms with E-state index in [-0.39, 0.29) is 11.4 Å². The van der Waals surface area contributed by atoms with Crippen molar-refractivity contribution in [2.75, 3.05) is 18.4 Å². The zero-order chi connectivity index (χ0) is 20.6. The molecule has 0 fully saturated rings. The van der Waals surface area contributed by atoms with Crippen molar-refractivity contribution in [1.82, 2.24) is 0 Å². The van der Waals surface area contributed by atoms with E-state index in [0.717, 1.165) is 25.7 Å². The largest absolute Gasteiger partial charge is 0.400 e. The minimum absolute atomic E-state index is 0.273. The molecular weight excluding hydrogens is 361 g/mol. The normalized spacial score (nSPS) is 12.5. The van der Waals surface area contributed by atoms with Crippen LogP contribution in [0.15, 0.2) is 70.3 Å². The van der Waals surface area contributed by atoms with Gasteiger partial charge in [-0.25, -0.2) is 4.39 Å². The van der Waals surface area contributed by atoms with Gasteiger partial charge in [0.2, 0.25) is 0 Å². The van der Waals surface area contributed by atoms with Crippen LogP contribution in [0, 0.1) is 5.82 Å². The maximum atomic E-state index is 13.0. The van der Waals surface area contributed by atoms with Gasteiger partial charge in [0.15, 0.2) is 6.40 Å². The summed E-state index contributed by atoms with van der Waals surface area (Å²) in [5.41, 5.74) is 6.64. The first-order chi connectivity index (χ1) is 13.6. The fraction of sp³-hybridized carbons (Fsp3) is 0.250. The number of hydrogen-bond donors (Lipinski definition) is 3. The van der Waals surface area contributed by atoms with Crippen molar-refractivity contribution < 1.29 is 14.0 Å². The third-order valence-corrected chi connectivity index (χ3v) is 3.47. The van der Waals surface area contributed by atoms with E-state index in [4.69, 9.17) is 11.6 Å². The van der Waals surface area contributed by atoms with Crippen LogP contribution in [0.5, 0.6) is 0 Å². The molecule has 1 rings (SSSR count). The SMILES string of the molecule is C=C/C(C(=O)Nc1ccc(F)cc1)=C(\C=C\C/N=C\ON)/N=C/CCCCN. The summed E-state index contributed by atoms with van der Waals surface area (Å²) < 4.78 is 13.0. The Labute approximate surface area is 164 Å². The monoisotopic (exact) mass is 387 g/mol. The quantitative estimate of drug-likeness (QED) is 0.128. The standard InChI is InChI=1S/C20H26FN5O2/c1-2-18(20(27)26-17-10-8-16(21)9-11-17)19(7-6-13-24-15-28-23)25-14-5-3-4-12-22/h2,6-11,14-15H,1,3-5,12-13,22-23H2,(H,26,27)/b7-6+,19-18-,24-15-,25-14+. The number of nitrogens with one attached hydrogen (secondary N) is 1. The number of unbranched alkanes of at least 4 members (excludes halogenated alkanes) is 2. The number of halogens is 1. The number of nitrogens with two attached hydrogens (primary N) is 2. The summed E-state index contributed by atoms with van der Waals surface area (Å²) in [6, 6.07) is 5.48. The second kappa shape index (κ2) is 14.0. The predicted octanol–water partition coefficient (Wildman–Crippen LogP) is 2.88. The highest BCUT2D eigenvalue weighted by molar-refractivity contribution is 6.06. The van der Waals surface area contributed by atoms with Gasteiger partial charge in [0, 0.05) is 11.9 Å². The molecule has 0 unspecified atom stereocenters. The van der Waals surface area contributed by atoms with Crippen LogP contribution in [-0.4, -0.2) is 31.6 Å². The number of rotatable bonds is 12. The molecule has 0 bridgehead atoms. The number of hydrogen-bond acceptors (Lipinski definition) is 6. The van der Waals surface area contributed by atoms with Crippen molar-refractivity contribution in [3.8, 4) is 0 Å². The Balaban J connectivity index is 3.01. The molecular formula is C20H26FN5O2. The minimum Gasteiger partial charge on any atom is -0.400 e. The lowest BCUT2D eigenvalue weighted by molar-refractivity contribution is -0.112. The number of anilines is 1. The Bertz CT molecular complexity index is 739. The van der Waals surface area contributed by atoms with Crippen LogP contribution >= 0.6 is 0 Å². The summed E-state index contributed by atoms with van der Waals surface area (Å²) in [5.74, 6) is 4.07. The molecule has 0 aromatic heterocycles. The summed E-state index contributed by atoms with van der Waals surface area (Å²) in [5, 5.41) is 2.70. The van der Waals surface area contributed by atoms with Crippen LogP contribution in [0.25, 0.3) is 0 Å². The highest BCUT2D eigenvalue weighted by Crippen LogP contribution is 2.15. The van der Waals surface area contributed by atoms with Crippen LogP contribution in [-0.2, 0) is 9.63 Å². The van der Waals surface area contributed by atoms with E-state index in [9.17, 15) is 9.18 Å². The van der Waals surface area contributed by atoms with Gasteiger partial charge in [0.1, 0.15) is 5.82 Å². The van der Waals surface area contributed by atoms with Gasteiger partial charge in [-0.1, -0.05) is 18.7 Å². The lowest BCUT2D eigenvalue weighted by atomic mass is 10.1. The molecule has 8 heteroatoms. The van der Waals surface area contributed by atoms with E-state index < -0.39 is 5.91 Å². The number of amides is 1. The van der Waals surface area contributed by atoms with Gasteiger partial charge in [-0.3, -0.25) is 14.8 Å². The second-order valence-electron chi connectivity index (χ2n) is 5.57. The number of carbonyl (C=O) groups is 1. The number of carbonyl (C=O) groups excluding carboxylic acids is 1. The van der Waals surface area contributed by atoms with Crippen LogP contribution in [0.4, 0.5) is 10.1 Å². The topological polar surface area (TPSA) is 115 Å². The summed E-state index contributed by atoms with van der Waals surface area (Å²) in [4.78, 5) is 25.1. The molecule has 1 amide bonds. The number of benzene rings is 1. The summed E-state index contributed by atoms with van der Waals surface area (Å²) in [6.07, 6.45) is 10.2. The molecule has 7 nitrogen and oxygen atoms in total. The van der Waals surface area contributed by atoms with Crippen molar-refractivity contribution in [2.45, 2.75) is 19.3 Å². The van der Waals surface area contributed by atoms with Crippen molar-refractivity contribution in [1.29, 1.82) is 0 Å². The molecule has 5 N–H and O–H groups in total. The van der Waals surface area contributed by atoms with Crippen LogP contribution in [0.1, 0.15) is 19.3 Å². The molecule has 0 spiro atoms. The second-order valence-corrected chi connectivity index (χ2v) is 5.57. The third kappa shape index (κ3) is 9.02. The molecule has 0 atom stereocenters. The van der Waals surface area contributed by atoms with Gasteiger partial charge in [0.25, 0.3) is 5.91 Å². The molecule has 1 aromatic carbocycles. The first-order valence-corrected chi connectivity index (χ1v) is 8.79. The maximum absolute atomic E-state index is 13.0. The number of aliphatic imine (C=N–C) groups is 2. The predicted molar refractivity (Wildman–Crippen MR) is 111 cm³/mol. The summed E-state index contributed by atoms with van der Waals surface area (Å²) in [6.45, 7) is 4.62. The smallest absolute Gasteiger partial charge is 0.257 e. The highest BCUT2D eigenvalue weighted by atomic mass is 19.1. The van der Waals surface area contributed by atoms with Crippen LogP contribution < -0.4 is 16.9 Å². The molecule has 28 heavy (non-hydrogen) atoms. The van der Waals surface area contributed by atoms with Crippen LogP contribution in [0.3, 0.4) is 0 Å². The Morgan fingerprint density at radius 3 is 2.68 bits per heavy atom. The number of nitrogens with zero attached hydrogens (tertiary/aromatic N) is 2. The zero-order valence-corrected chi connectivity index (χ0v) is 15.7. The fourth-order valence-electron chi connectivity index (χ4n) is 2.10. The Hall–Kier alpha value is -3.10. The lowest BCUT2D eigenvalue weighted by Gasteiger charge is -2.08. The zero-order valence-electron chi connectivity index (χ0n) is 15.7. The van der Waals surface area contributed by atoms with Gasteiger partial charge in [-0.2, -0.15) is 5.90 Å². The van der Waals surface area contributed by atoms with Crippen molar-refractivity contribution >= 4 is 24.2 Å². The van der Waals surface area contributed by atoms with E-state index in [1.807, 2.05) is 0 Å². The van der Waals surface area contributed by atoms with E-state index in [0.29, 0.717) is 24.5 Å². The van der Waals surface area contributed by atoms with E-state index >= 15 is 0 Å². The Morgan fingerprint density at radius 2 is 2.04 bits per heavy atom. The molecule has 0 heterocycles. The Kier molecular flexibility index (Phi) is 11.5. The summed E-state index contributed by atoms with van der Waals surface area (Å²) >= 11 is 0. The lowest BCUT2D eigenvalue weighted by Crippen LogP contribution is -2.14. The van der Waals surface area contributed by atoms with E-state index in [2.05, 4.69) is 26.7 Å². The molecule has 0 aliphatic rings. The maximum Gasteiger partial charge on any atom is 0.257 e. The molecule has 150 valence electrons. The van der Waals surface area contributed by atoms with Gasteiger partial charge >= 0.3 is 0 Å². The molecule has 0 aliphatic heterocycles. The minimum atomic E-state index is -0.408. The molecule has 0 aliphatic carbocycles. The van der Waals surface area contributed by atoms with Gasteiger partial charge in [0.05, 0.1) is 17.8 Å². The summed E-state index contributed by atoms with van der Waals surface area (Å²) in [7, 11) is 0. The molecule has 0 saturated heterocycles. The Morgan fingerprint density at radius 1 is 1.29 bits per heavy atom. The van der Waals surface area contributed by atoms with Crippen molar-refractivity contribution in [2.24, 2.45) is 21.6 Å². The van der Waals surface area contributed by atoms with Crippen molar-refractivity contribution in [3.05, 3.63) is 66.2 Å². The van der Waals surface area contributed by atoms with Gasteiger partial charge < -0.3 is 15.9 Å². The fourth-order valence-corrected chi connectivity index (χ4v) is 2.10. The average molecular weight is 387 g/mol. The van der Waals surface area contributed by atoms with Crippen LogP contribution in [0.2, 0.25) is 0 Å². The van der Waals surface area contributed by atoms with Crippen molar-refractivity contribution in [3.63, 3.8) is 0 Å². The number of allylic oxidation sites excluding steroid dienone is 1. The molecule has 0 radical (unpaired) electrons.